The van der Waals surface area contributed by atoms with Gasteiger partial charge in [-0.3, -0.25) is 0 Å². The maximum absolute atomic E-state index is 13.3. The molecule has 0 saturated carbocycles. The Balaban J connectivity index is 0.00000144. The molecule has 2 nitrogen and oxygen atoms in total. The number of nitrogens with zero attached hydrogens (tertiary/aromatic N) is 1. The van der Waals surface area contributed by atoms with Crippen molar-refractivity contribution in [2.75, 3.05) is 27.2 Å². The molecule has 0 bridgehead atoms. The fourth-order valence-corrected chi connectivity index (χ4v) is 2.03. The number of hydrogen-bond donors (Lipinski definition) is 1. The fourth-order valence-electron chi connectivity index (χ4n) is 2.03. The first-order valence-electron chi connectivity index (χ1n) is 4.21. The zero-order valence-electron chi connectivity index (χ0n) is 7.77. The highest BCUT2D eigenvalue weighted by atomic mass is 19.3. The Morgan fingerprint density at radius 3 is 2.58 bits per heavy atom. The van der Waals surface area contributed by atoms with Gasteiger partial charge in [-0.2, -0.15) is 0 Å². The Bertz CT molecular complexity index is 166. The molecule has 0 aromatic rings. The van der Waals surface area contributed by atoms with E-state index in [-0.39, 0.29) is 13.9 Å². The number of rotatable bonds is 1. The lowest BCUT2D eigenvalue weighted by Gasteiger charge is -2.40. The summed E-state index contributed by atoms with van der Waals surface area (Å²) in [6.45, 7) is 2.45. The van der Waals surface area contributed by atoms with E-state index in [4.69, 9.17) is 0 Å². The third-order valence-electron chi connectivity index (χ3n) is 2.42. The standard InChI is InChI=1S/C8H16F2N2.H2/c1-6-4-12(3)5-8(9,10)7(6)11-2;/h6-7,11H,4-5H2,1-3H3;1H/t6-,7-;/m0./s1. The molecular weight excluding hydrogens is 162 g/mol. The largest absolute Gasteiger partial charge is 0.311 e. The van der Waals surface area contributed by atoms with Crippen molar-refractivity contribution in [1.29, 1.82) is 0 Å². The first-order valence-corrected chi connectivity index (χ1v) is 4.21. The molecular formula is C8H18F2N2. The van der Waals surface area contributed by atoms with Crippen LogP contribution in [0, 0.1) is 5.92 Å². The molecule has 1 rings (SSSR count). The predicted molar refractivity (Wildman–Crippen MR) is 46.6 cm³/mol. The van der Waals surface area contributed by atoms with Crippen LogP contribution >= 0.6 is 0 Å². The number of alkyl halides is 2. The molecule has 1 aliphatic rings. The summed E-state index contributed by atoms with van der Waals surface area (Å²) in [7, 11) is 3.33. The highest BCUT2D eigenvalue weighted by molar-refractivity contribution is 4.93. The maximum atomic E-state index is 13.3. The van der Waals surface area contributed by atoms with E-state index in [1.165, 1.54) is 0 Å². The van der Waals surface area contributed by atoms with Gasteiger partial charge in [0.15, 0.2) is 0 Å². The quantitative estimate of drug-likeness (QED) is 0.648. The molecule has 74 valence electrons. The summed E-state index contributed by atoms with van der Waals surface area (Å²) in [6.07, 6.45) is 0. The summed E-state index contributed by atoms with van der Waals surface area (Å²) < 4.78 is 26.5. The van der Waals surface area contributed by atoms with Gasteiger partial charge in [-0.15, -0.1) is 0 Å². The van der Waals surface area contributed by atoms with Gasteiger partial charge in [-0.1, -0.05) is 6.92 Å². The summed E-state index contributed by atoms with van der Waals surface area (Å²) in [5.41, 5.74) is 0. The zero-order valence-corrected chi connectivity index (χ0v) is 7.77. The van der Waals surface area contributed by atoms with Crippen molar-refractivity contribution in [2.24, 2.45) is 5.92 Å². The zero-order chi connectivity index (χ0) is 9.35. The summed E-state index contributed by atoms with van der Waals surface area (Å²) in [5, 5.41) is 2.69. The van der Waals surface area contributed by atoms with Gasteiger partial charge in [-0.05, 0) is 20.0 Å². The molecule has 1 N–H and O–H groups in total. The van der Waals surface area contributed by atoms with Crippen LogP contribution in [0.15, 0.2) is 0 Å². The average Bonchev–Trinajstić information content (AvgIpc) is 1.82. The number of hydrogen-bond acceptors (Lipinski definition) is 2. The van der Waals surface area contributed by atoms with Gasteiger partial charge in [0.05, 0.1) is 12.6 Å². The van der Waals surface area contributed by atoms with E-state index in [9.17, 15) is 8.78 Å². The minimum absolute atomic E-state index is 0. The van der Waals surface area contributed by atoms with Crippen molar-refractivity contribution in [1.82, 2.24) is 10.2 Å². The Hall–Kier alpha value is -0.220. The summed E-state index contributed by atoms with van der Waals surface area (Å²) in [5.74, 6) is -2.59. The van der Waals surface area contributed by atoms with Crippen molar-refractivity contribution in [2.45, 2.75) is 18.9 Å². The molecule has 0 unspecified atom stereocenters. The third kappa shape index (κ3) is 1.75. The summed E-state index contributed by atoms with van der Waals surface area (Å²) >= 11 is 0. The van der Waals surface area contributed by atoms with E-state index in [1.807, 2.05) is 6.92 Å². The minimum atomic E-state index is -2.60. The molecule has 0 aromatic heterocycles. The van der Waals surface area contributed by atoms with Gasteiger partial charge < -0.3 is 10.2 Å². The lowest BCUT2D eigenvalue weighted by atomic mass is 9.91. The van der Waals surface area contributed by atoms with E-state index >= 15 is 0 Å². The van der Waals surface area contributed by atoms with Crippen molar-refractivity contribution in [3.8, 4) is 0 Å². The fraction of sp³-hybridized carbons (Fsp3) is 1.00. The van der Waals surface area contributed by atoms with Crippen LogP contribution in [0.1, 0.15) is 8.35 Å². The number of piperidine rings is 1. The molecule has 1 aliphatic heterocycles. The number of likely N-dealkylation sites (tertiary alicyclic amines) is 1. The molecule has 0 spiro atoms. The second-order valence-corrected chi connectivity index (χ2v) is 3.70. The van der Waals surface area contributed by atoms with Crippen LogP contribution in [-0.2, 0) is 0 Å². The normalized spacial score (nSPS) is 36.8. The van der Waals surface area contributed by atoms with E-state index in [0.29, 0.717) is 0 Å². The SMILES string of the molecule is CN[C@H]1[C@@H](C)CN(C)CC1(F)F.[HH]. The van der Waals surface area contributed by atoms with E-state index < -0.39 is 12.0 Å². The van der Waals surface area contributed by atoms with Gasteiger partial charge >= 0.3 is 0 Å². The minimum Gasteiger partial charge on any atom is -0.311 e. The topological polar surface area (TPSA) is 15.3 Å². The maximum Gasteiger partial charge on any atom is 0.275 e. The molecule has 4 heteroatoms. The average molecular weight is 180 g/mol. The highest BCUT2D eigenvalue weighted by Crippen LogP contribution is 2.29. The number of nitrogens with one attached hydrogen (secondary N) is 1. The Morgan fingerprint density at radius 2 is 2.17 bits per heavy atom. The molecule has 1 fully saturated rings. The molecule has 0 aromatic carbocycles. The first kappa shape index (κ1) is 9.86. The van der Waals surface area contributed by atoms with Gasteiger partial charge in [-0.25, -0.2) is 8.78 Å². The summed E-state index contributed by atoms with van der Waals surface area (Å²) in [6, 6.07) is -0.673. The van der Waals surface area contributed by atoms with Crippen LogP contribution in [0.2, 0.25) is 0 Å². The molecule has 0 amide bonds. The molecule has 0 radical (unpaired) electrons. The molecule has 12 heavy (non-hydrogen) atoms. The van der Waals surface area contributed by atoms with Crippen LogP contribution in [-0.4, -0.2) is 44.0 Å². The van der Waals surface area contributed by atoms with Crippen molar-refractivity contribution in [3.05, 3.63) is 0 Å². The monoisotopic (exact) mass is 180 g/mol. The lowest BCUT2D eigenvalue weighted by Crippen LogP contribution is -2.59. The van der Waals surface area contributed by atoms with Crippen LogP contribution < -0.4 is 5.32 Å². The lowest BCUT2D eigenvalue weighted by molar-refractivity contribution is -0.101. The second kappa shape index (κ2) is 3.26. The smallest absolute Gasteiger partial charge is 0.275 e. The Labute approximate surface area is 73.4 Å². The van der Waals surface area contributed by atoms with Crippen molar-refractivity contribution in [3.63, 3.8) is 0 Å². The van der Waals surface area contributed by atoms with Gasteiger partial charge in [0, 0.05) is 7.97 Å². The van der Waals surface area contributed by atoms with Crippen molar-refractivity contribution >= 4 is 0 Å². The van der Waals surface area contributed by atoms with E-state index in [2.05, 4.69) is 5.32 Å². The second-order valence-electron chi connectivity index (χ2n) is 3.70. The molecule has 2 atom stereocenters. The first-order chi connectivity index (χ1) is 5.47. The molecule has 0 aliphatic carbocycles. The highest BCUT2D eigenvalue weighted by Gasteiger charge is 2.46. The number of halogens is 2. The van der Waals surface area contributed by atoms with Crippen LogP contribution in [0.25, 0.3) is 0 Å². The van der Waals surface area contributed by atoms with Gasteiger partial charge in [0.25, 0.3) is 5.92 Å². The van der Waals surface area contributed by atoms with Crippen LogP contribution in [0.5, 0.6) is 0 Å². The van der Waals surface area contributed by atoms with Crippen LogP contribution in [0.4, 0.5) is 8.78 Å². The molecule has 1 heterocycles. The summed E-state index contributed by atoms with van der Waals surface area (Å²) in [4.78, 5) is 1.68. The Kier molecular flexibility index (Phi) is 2.68. The third-order valence-corrected chi connectivity index (χ3v) is 2.42. The molecule has 1 saturated heterocycles. The van der Waals surface area contributed by atoms with Crippen LogP contribution in [0.3, 0.4) is 0 Å². The van der Waals surface area contributed by atoms with Gasteiger partial charge in [0.1, 0.15) is 0 Å². The predicted octanol–water partition coefficient (Wildman–Crippen LogP) is 1.04. The van der Waals surface area contributed by atoms with Crippen molar-refractivity contribution < 1.29 is 10.2 Å². The van der Waals surface area contributed by atoms with E-state index in [1.54, 1.807) is 19.0 Å². The van der Waals surface area contributed by atoms with Gasteiger partial charge in [0.2, 0.25) is 0 Å². The Morgan fingerprint density at radius 1 is 1.58 bits per heavy atom. The van der Waals surface area contributed by atoms with E-state index in [0.717, 1.165) is 6.54 Å².